The van der Waals surface area contributed by atoms with Gasteiger partial charge in [-0.2, -0.15) is 0 Å². The molecule has 0 aliphatic rings. The third-order valence-electron chi connectivity index (χ3n) is 2.69. The van der Waals surface area contributed by atoms with Gasteiger partial charge in [-0.3, -0.25) is 0 Å². The molecule has 0 unspecified atom stereocenters. The molecule has 19 heavy (non-hydrogen) atoms. The summed E-state index contributed by atoms with van der Waals surface area (Å²) in [5.74, 6) is 1.51. The molecular formula is C14H23NO4. The Morgan fingerprint density at radius 1 is 1.11 bits per heavy atom. The van der Waals surface area contributed by atoms with Gasteiger partial charge in [0, 0.05) is 27.3 Å². The molecule has 0 saturated carbocycles. The Hall–Kier alpha value is -1.30. The van der Waals surface area contributed by atoms with Crippen molar-refractivity contribution in [3.63, 3.8) is 0 Å². The largest absolute Gasteiger partial charge is 0.493 e. The lowest BCUT2D eigenvalue weighted by atomic mass is 10.2. The minimum Gasteiger partial charge on any atom is -0.493 e. The van der Waals surface area contributed by atoms with Crippen molar-refractivity contribution < 1.29 is 18.9 Å². The lowest BCUT2D eigenvalue weighted by Gasteiger charge is -2.15. The maximum atomic E-state index is 5.47. The van der Waals surface area contributed by atoms with Gasteiger partial charge < -0.3 is 24.3 Å². The summed E-state index contributed by atoms with van der Waals surface area (Å²) in [4.78, 5) is 0. The van der Waals surface area contributed by atoms with Crippen LogP contribution in [0.3, 0.4) is 0 Å². The Bertz CT molecular complexity index is 366. The van der Waals surface area contributed by atoms with E-state index in [1.54, 1.807) is 21.3 Å². The molecular weight excluding hydrogens is 246 g/mol. The summed E-state index contributed by atoms with van der Waals surface area (Å²) >= 11 is 0. The molecule has 0 heterocycles. The highest BCUT2D eigenvalue weighted by atomic mass is 16.7. The van der Waals surface area contributed by atoms with Crippen molar-refractivity contribution in [2.24, 2.45) is 0 Å². The zero-order valence-corrected chi connectivity index (χ0v) is 12.1. The van der Waals surface area contributed by atoms with Crippen molar-refractivity contribution in [3.8, 4) is 11.5 Å². The quantitative estimate of drug-likeness (QED) is 0.693. The van der Waals surface area contributed by atoms with Crippen molar-refractivity contribution in [3.05, 3.63) is 23.8 Å². The van der Waals surface area contributed by atoms with Crippen LogP contribution >= 0.6 is 0 Å². The summed E-state index contributed by atoms with van der Waals surface area (Å²) in [5, 5.41) is 3.26. The average molecular weight is 269 g/mol. The minimum absolute atomic E-state index is 0.232. The molecule has 1 aromatic rings. The molecule has 1 rings (SSSR count). The lowest BCUT2D eigenvalue weighted by molar-refractivity contribution is -0.0989. The Morgan fingerprint density at radius 3 is 2.42 bits per heavy atom. The first-order valence-corrected chi connectivity index (χ1v) is 6.31. The first-order chi connectivity index (χ1) is 9.24. The molecule has 0 atom stereocenters. The zero-order valence-electron chi connectivity index (χ0n) is 12.1. The number of methoxy groups -OCH3 is 3. The van der Waals surface area contributed by atoms with Crippen LogP contribution in [0.25, 0.3) is 0 Å². The molecule has 1 N–H and O–H groups in total. The van der Waals surface area contributed by atoms with Crippen LogP contribution < -0.4 is 14.8 Å². The molecule has 0 bridgehead atoms. The smallest absolute Gasteiger partial charge is 0.169 e. The monoisotopic (exact) mass is 269 g/mol. The van der Waals surface area contributed by atoms with E-state index in [0.29, 0.717) is 19.7 Å². The third kappa shape index (κ3) is 5.06. The molecule has 0 aliphatic heterocycles. The van der Waals surface area contributed by atoms with E-state index in [9.17, 15) is 0 Å². The minimum atomic E-state index is -0.232. The molecule has 1 aromatic carbocycles. The maximum Gasteiger partial charge on any atom is 0.169 e. The summed E-state index contributed by atoms with van der Waals surface area (Å²) in [6, 6.07) is 5.89. The Labute approximate surface area is 114 Å². The molecule has 0 amide bonds. The normalized spacial score (nSPS) is 10.8. The Morgan fingerprint density at radius 2 is 1.84 bits per heavy atom. The second-order valence-corrected chi connectivity index (χ2v) is 3.95. The van der Waals surface area contributed by atoms with Crippen molar-refractivity contribution in [2.45, 2.75) is 19.8 Å². The van der Waals surface area contributed by atoms with Crippen LogP contribution in [0.2, 0.25) is 0 Å². The first-order valence-electron chi connectivity index (χ1n) is 6.31. The van der Waals surface area contributed by atoms with E-state index in [-0.39, 0.29) is 6.29 Å². The molecule has 0 radical (unpaired) electrons. The maximum absolute atomic E-state index is 5.47. The molecule has 5 nitrogen and oxygen atoms in total. The van der Waals surface area contributed by atoms with Gasteiger partial charge in [0.2, 0.25) is 0 Å². The van der Waals surface area contributed by atoms with Crippen molar-refractivity contribution in [1.29, 1.82) is 0 Å². The van der Waals surface area contributed by atoms with Crippen molar-refractivity contribution in [2.75, 3.05) is 34.5 Å². The van der Waals surface area contributed by atoms with E-state index in [2.05, 4.69) is 5.32 Å². The second kappa shape index (κ2) is 8.74. The van der Waals surface area contributed by atoms with Crippen LogP contribution in [-0.4, -0.2) is 40.8 Å². The van der Waals surface area contributed by atoms with Gasteiger partial charge in [0.15, 0.2) is 17.8 Å². The fourth-order valence-electron chi connectivity index (χ4n) is 1.69. The average Bonchev–Trinajstić information content (AvgIpc) is 2.45. The van der Waals surface area contributed by atoms with Gasteiger partial charge in [-0.15, -0.1) is 0 Å². The van der Waals surface area contributed by atoms with Gasteiger partial charge in [0.1, 0.15) is 0 Å². The van der Waals surface area contributed by atoms with Gasteiger partial charge in [-0.25, -0.2) is 0 Å². The predicted octanol–water partition coefficient (Wildman–Crippen LogP) is 1.80. The first kappa shape index (κ1) is 15.8. The standard InChI is InChI=1S/C14H23NO4/c1-5-19-12-7-6-11(8-13(12)16-2)9-15-10-14(17-3)18-4/h6-8,14-15H,5,9-10H2,1-4H3. The fourth-order valence-corrected chi connectivity index (χ4v) is 1.69. The van der Waals surface area contributed by atoms with E-state index >= 15 is 0 Å². The van der Waals surface area contributed by atoms with Crippen LogP contribution in [0, 0.1) is 0 Å². The fraction of sp³-hybridized carbons (Fsp3) is 0.571. The highest BCUT2D eigenvalue weighted by Crippen LogP contribution is 2.27. The van der Waals surface area contributed by atoms with E-state index in [1.165, 1.54) is 0 Å². The Balaban J connectivity index is 2.54. The SMILES string of the molecule is CCOc1ccc(CNCC(OC)OC)cc1OC. The second-order valence-electron chi connectivity index (χ2n) is 3.95. The lowest BCUT2D eigenvalue weighted by Crippen LogP contribution is -2.29. The number of hydrogen-bond acceptors (Lipinski definition) is 5. The van der Waals surface area contributed by atoms with E-state index < -0.39 is 0 Å². The van der Waals surface area contributed by atoms with Crippen LogP contribution in [0.5, 0.6) is 11.5 Å². The van der Waals surface area contributed by atoms with Crippen LogP contribution in [0.1, 0.15) is 12.5 Å². The predicted molar refractivity (Wildman–Crippen MR) is 73.7 cm³/mol. The van der Waals surface area contributed by atoms with Crippen molar-refractivity contribution >= 4 is 0 Å². The van der Waals surface area contributed by atoms with Gasteiger partial charge in [0.25, 0.3) is 0 Å². The molecule has 0 aromatic heterocycles. The number of ether oxygens (including phenoxy) is 4. The van der Waals surface area contributed by atoms with Crippen LogP contribution in [0.4, 0.5) is 0 Å². The summed E-state index contributed by atoms with van der Waals surface area (Å²) in [5.41, 5.74) is 1.12. The zero-order chi connectivity index (χ0) is 14.1. The molecule has 0 saturated heterocycles. The number of rotatable bonds is 9. The highest BCUT2D eigenvalue weighted by molar-refractivity contribution is 5.42. The van der Waals surface area contributed by atoms with Gasteiger partial charge in [-0.05, 0) is 24.6 Å². The molecule has 5 heteroatoms. The van der Waals surface area contributed by atoms with E-state index in [1.807, 2.05) is 25.1 Å². The number of benzene rings is 1. The van der Waals surface area contributed by atoms with Crippen LogP contribution in [0.15, 0.2) is 18.2 Å². The third-order valence-corrected chi connectivity index (χ3v) is 2.69. The van der Waals surface area contributed by atoms with E-state index in [4.69, 9.17) is 18.9 Å². The number of hydrogen-bond donors (Lipinski definition) is 1. The van der Waals surface area contributed by atoms with Crippen LogP contribution in [-0.2, 0) is 16.0 Å². The molecule has 0 fully saturated rings. The van der Waals surface area contributed by atoms with Gasteiger partial charge in [0.05, 0.1) is 13.7 Å². The summed E-state index contributed by atoms with van der Waals surface area (Å²) < 4.78 is 21.0. The number of nitrogens with one attached hydrogen (secondary N) is 1. The van der Waals surface area contributed by atoms with E-state index in [0.717, 1.165) is 17.1 Å². The molecule has 108 valence electrons. The van der Waals surface area contributed by atoms with Crippen molar-refractivity contribution in [1.82, 2.24) is 5.32 Å². The van der Waals surface area contributed by atoms with Gasteiger partial charge >= 0.3 is 0 Å². The Kier molecular flexibility index (Phi) is 7.25. The topological polar surface area (TPSA) is 49.0 Å². The summed E-state index contributed by atoms with van der Waals surface area (Å²) in [7, 11) is 4.88. The van der Waals surface area contributed by atoms with Gasteiger partial charge in [-0.1, -0.05) is 6.07 Å². The highest BCUT2D eigenvalue weighted by Gasteiger charge is 2.07. The summed E-state index contributed by atoms with van der Waals surface area (Å²) in [6.07, 6.45) is -0.232. The molecule has 0 spiro atoms. The summed E-state index contributed by atoms with van der Waals surface area (Å²) in [6.45, 7) is 3.91. The molecule has 0 aliphatic carbocycles.